The average Bonchev–Trinajstić information content (AvgIpc) is 2.25. The molecule has 0 saturated carbocycles. The summed E-state index contributed by atoms with van der Waals surface area (Å²) in [6.45, 7) is 4.03. The normalized spacial score (nSPS) is 13.1. The van der Waals surface area contributed by atoms with E-state index in [-0.39, 0.29) is 23.3 Å². The summed E-state index contributed by atoms with van der Waals surface area (Å²) in [5.41, 5.74) is 0.218. The van der Waals surface area contributed by atoms with E-state index in [4.69, 9.17) is 16.3 Å². The lowest BCUT2D eigenvalue weighted by molar-refractivity contribution is 0.0619. The molecular formula is C12H16ClF2NO. The Kier molecular flexibility index (Phi) is 5.31. The molecule has 0 heterocycles. The monoisotopic (exact) mass is 263 g/mol. The molecule has 1 N–H and O–H groups in total. The van der Waals surface area contributed by atoms with Gasteiger partial charge in [0.15, 0.2) is 0 Å². The molecule has 0 fully saturated rings. The van der Waals surface area contributed by atoms with Crippen LogP contribution in [0.4, 0.5) is 8.78 Å². The molecule has 96 valence electrons. The van der Waals surface area contributed by atoms with Gasteiger partial charge in [0.1, 0.15) is 11.6 Å². The molecule has 1 aromatic rings. The van der Waals surface area contributed by atoms with E-state index in [0.29, 0.717) is 0 Å². The molecule has 5 heteroatoms. The number of hydrogen-bond donors (Lipinski definition) is 1. The minimum Gasteiger partial charge on any atom is -0.377 e. The molecule has 0 amide bonds. The molecular weight excluding hydrogens is 248 g/mol. The van der Waals surface area contributed by atoms with E-state index < -0.39 is 17.7 Å². The third kappa shape index (κ3) is 3.91. The second kappa shape index (κ2) is 6.28. The van der Waals surface area contributed by atoms with Crippen molar-refractivity contribution in [1.29, 1.82) is 0 Å². The minimum absolute atomic E-state index is 0.0334. The van der Waals surface area contributed by atoms with Crippen LogP contribution in [0.3, 0.4) is 0 Å². The maximum absolute atomic E-state index is 13.6. The first kappa shape index (κ1) is 14.4. The zero-order valence-corrected chi connectivity index (χ0v) is 10.8. The number of likely N-dealkylation sites (N-methyl/N-ethyl adjacent to an activating group) is 1. The molecule has 0 saturated heterocycles. The van der Waals surface area contributed by atoms with Crippen LogP contribution in [0.25, 0.3) is 0 Å². The molecule has 1 aromatic carbocycles. The van der Waals surface area contributed by atoms with E-state index in [1.807, 2.05) is 13.8 Å². The molecule has 0 aliphatic carbocycles. The van der Waals surface area contributed by atoms with Gasteiger partial charge in [-0.3, -0.25) is 0 Å². The van der Waals surface area contributed by atoms with Crippen molar-refractivity contribution in [2.24, 2.45) is 0 Å². The molecule has 0 aromatic heterocycles. The van der Waals surface area contributed by atoms with Crippen molar-refractivity contribution in [1.82, 2.24) is 5.32 Å². The summed E-state index contributed by atoms with van der Waals surface area (Å²) >= 11 is 5.49. The number of hydrogen-bond acceptors (Lipinski definition) is 2. The van der Waals surface area contributed by atoms with E-state index in [1.165, 1.54) is 0 Å². The third-order valence-corrected chi connectivity index (χ3v) is 2.65. The third-order valence-electron chi connectivity index (χ3n) is 2.36. The molecule has 17 heavy (non-hydrogen) atoms. The van der Waals surface area contributed by atoms with E-state index in [1.54, 1.807) is 7.05 Å². The maximum Gasteiger partial charge on any atom is 0.142 e. The Bertz CT molecular complexity index is 385. The van der Waals surface area contributed by atoms with E-state index >= 15 is 0 Å². The summed E-state index contributed by atoms with van der Waals surface area (Å²) in [4.78, 5) is 0. The summed E-state index contributed by atoms with van der Waals surface area (Å²) < 4.78 is 32.3. The minimum atomic E-state index is -0.632. The fourth-order valence-corrected chi connectivity index (χ4v) is 1.57. The van der Waals surface area contributed by atoms with Crippen LogP contribution in [-0.2, 0) is 4.74 Å². The Morgan fingerprint density at radius 2 is 1.94 bits per heavy atom. The van der Waals surface area contributed by atoms with Crippen molar-refractivity contribution in [2.45, 2.75) is 26.0 Å². The second-order valence-corrected chi connectivity index (χ2v) is 4.42. The molecule has 0 aliphatic heterocycles. The fraction of sp³-hybridized carbons (Fsp3) is 0.500. The van der Waals surface area contributed by atoms with Crippen LogP contribution >= 0.6 is 11.6 Å². The molecule has 0 spiro atoms. The highest BCUT2D eigenvalue weighted by Crippen LogP contribution is 2.24. The van der Waals surface area contributed by atoms with Gasteiger partial charge in [-0.2, -0.15) is 0 Å². The Balaban J connectivity index is 2.91. The van der Waals surface area contributed by atoms with Gasteiger partial charge < -0.3 is 10.1 Å². The second-order valence-electron chi connectivity index (χ2n) is 4.01. The predicted molar refractivity (Wildman–Crippen MR) is 64.3 cm³/mol. The fourth-order valence-electron chi connectivity index (χ4n) is 1.42. The highest BCUT2D eigenvalue weighted by Gasteiger charge is 2.17. The van der Waals surface area contributed by atoms with Gasteiger partial charge in [0.25, 0.3) is 0 Å². The van der Waals surface area contributed by atoms with Crippen molar-refractivity contribution in [2.75, 3.05) is 13.7 Å². The summed E-state index contributed by atoms with van der Waals surface area (Å²) in [6, 6.07) is 1.68. The van der Waals surface area contributed by atoms with Crippen molar-refractivity contribution < 1.29 is 13.5 Å². The molecule has 2 nitrogen and oxygen atoms in total. The van der Waals surface area contributed by atoms with Crippen LogP contribution in [0, 0.1) is 11.6 Å². The zero-order valence-electron chi connectivity index (χ0n) is 10.1. The molecule has 1 rings (SSSR count). The van der Waals surface area contributed by atoms with Crippen molar-refractivity contribution >= 4 is 11.6 Å². The highest BCUT2D eigenvalue weighted by molar-refractivity contribution is 6.30. The van der Waals surface area contributed by atoms with Gasteiger partial charge in [0.2, 0.25) is 0 Å². The Morgan fingerprint density at radius 3 is 2.47 bits per heavy atom. The van der Waals surface area contributed by atoms with E-state index in [2.05, 4.69) is 5.32 Å². The van der Waals surface area contributed by atoms with Crippen LogP contribution in [0.2, 0.25) is 5.02 Å². The summed E-state index contributed by atoms with van der Waals surface area (Å²) in [5, 5.41) is 2.67. The topological polar surface area (TPSA) is 21.3 Å². The summed E-state index contributed by atoms with van der Waals surface area (Å²) in [6.07, 6.45) is 0.0334. The standard InChI is InChI=1S/C12H16ClF2NO/c1-7(2)17-6-12(16-3)8-4-11(15)9(13)5-10(8)14/h4-5,7,12,16H,6H2,1-3H3. The highest BCUT2D eigenvalue weighted by atomic mass is 35.5. The first-order chi connectivity index (χ1) is 7.95. The molecule has 1 atom stereocenters. The van der Waals surface area contributed by atoms with E-state index in [0.717, 1.165) is 12.1 Å². The molecule has 1 unspecified atom stereocenters. The van der Waals surface area contributed by atoms with Crippen molar-refractivity contribution in [3.8, 4) is 0 Å². The maximum atomic E-state index is 13.6. The lowest BCUT2D eigenvalue weighted by atomic mass is 10.1. The van der Waals surface area contributed by atoms with Gasteiger partial charge in [-0.05, 0) is 33.0 Å². The number of rotatable bonds is 5. The van der Waals surface area contributed by atoms with Crippen LogP contribution in [-0.4, -0.2) is 19.8 Å². The van der Waals surface area contributed by atoms with Gasteiger partial charge in [-0.15, -0.1) is 0 Å². The quantitative estimate of drug-likeness (QED) is 0.823. The molecule has 0 aliphatic rings. The number of benzene rings is 1. The summed E-state index contributed by atoms with van der Waals surface area (Å²) in [5.74, 6) is -1.17. The van der Waals surface area contributed by atoms with Gasteiger partial charge in [-0.1, -0.05) is 11.6 Å². The SMILES string of the molecule is CNC(COC(C)C)c1cc(F)c(Cl)cc1F. The van der Waals surface area contributed by atoms with Crippen LogP contribution in [0.1, 0.15) is 25.5 Å². The average molecular weight is 264 g/mol. The van der Waals surface area contributed by atoms with Gasteiger partial charge >= 0.3 is 0 Å². The van der Waals surface area contributed by atoms with Crippen LogP contribution in [0.15, 0.2) is 12.1 Å². The first-order valence-electron chi connectivity index (χ1n) is 5.39. The zero-order chi connectivity index (χ0) is 13.0. The predicted octanol–water partition coefficient (Wildman–Crippen LogP) is 3.30. The van der Waals surface area contributed by atoms with Crippen molar-refractivity contribution in [3.63, 3.8) is 0 Å². The Morgan fingerprint density at radius 1 is 1.29 bits per heavy atom. The van der Waals surface area contributed by atoms with E-state index in [9.17, 15) is 8.78 Å². The first-order valence-corrected chi connectivity index (χ1v) is 5.76. The Labute approximate surface area is 105 Å². The number of halogens is 3. The molecule has 0 bridgehead atoms. The lowest BCUT2D eigenvalue weighted by Gasteiger charge is -2.19. The lowest BCUT2D eigenvalue weighted by Crippen LogP contribution is -2.24. The van der Waals surface area contributed by atoms with Gasteiger partial charge in [0.05, 0.1) is 23.8 Å². The van der Waals surface area contributed by atoms with Crippen LogP contribution < -0.4 is 5.32 Å². The summed E-state index contributed by atoms with van der Waals surface area (Å²) in [7, 11) is 1.67. The van der Waals surface area contributed by atoms with Crippen molar-refractivity contribution in [3.05, 3.63) is 34.4 Å². The largest absolute Gasteiger partial charge is 0.377 e. The Hall–Kier alpha value is -0.710. The smallest absolute Gasteiger partial charge is 0.142 e. The number of ether oxygens (including phenoxy) is 1. The van der Waals surface area contributed by atoms with Gasteiger partial charge in [-0.25, -0.2) is 8.78 Å². The number of nitrogens with one attached hydrogen (secondary N) is 1. The van der Waals surface area contributed by atoms with Gasteiger partial charge in [0, 0.05) is 5.56 Å². The van der Waals surface area contributed by atoms with Crippen LogP contribution in [0.5, 0.6) is 0 Å². The molecule has 0 radical (unpaired) electrons.